The molecule has 0 fully saturated rings. The first-order valence-corrected chi connectivity index (χ1v) is 5.13. The molecule has 0 bridgehead atoms. The van der Waals surface area contributed by atoms with Crippen LogP contribution in [0.25, 0.3) is 0 Å². The summed E-state index contributed by atoms with van der Waals surface area (Å²) in [6.07, 6.45) is 0.309. The van der Waals surface area contributed by atoms with Crippen molar-refractivity contribution >= 4 is 0 Å². The molecule has 2 nitrogen and oxygen atoms in total. The van der Waals surface area contributed by atoms with E-state index in [2.05, 4.69) is 11.2 Å². The SMILES string of the molecule is C#CCNC(CN)c1ccc(F)c(C(F)(F)F)c1. The van der Waals surface area contributed by atoms with E-state index in [9.17, 15) is 17.6 Å². The first kappa shape index (κ1) is 14.5. The highest BCUT2D eigenvalue weighted by atomic mass is 19.4. The summed E-state index contributed by atoms with van der Waals surface area (Å²) in [4.78, 5) is 0. The Morgan fingerprint density at radius 2 is 2.06 bits per heavy atom. The Morgan fingerprint density at radius 3 is 2.56 bits per heavy atom. The highest BCUT2D eigenvalue weighted by molar-refractivity contribution is 5.29. The van der Waals surface area contributed by atoms with E-state index in [0.717, 1.165) is 12.1 Å². The number of terminal acetylenes is 1. The molecule has 0 saturated carbocycles. The molecule has 0 spiro atoms. The minimum absolute atomic E-state index is 0.0601. The van der Waals surface area contributed by atoms with Gasteiger partial charge >= 0.3 is 6.18 Å². The summed E-state index contributed by atoms with van der Waals surface area (Å²) in [6, 6.07) is 2.24. The second kappa shape index (κ2) is 5.85. The van der Waals surface area contributed by atoms with Gasteiger partial charge in [0.25, 0.3) is 0 Å². The molecule has 0 aromatic heterocycles. The average molecular weight is 260 g/mol. The van der Waals surface area contributed by atoms with Gasteiger partial charge in [-0.15, -0.1) is 6.42 Å². The van der Waals surface area contributed by atoms with Crippen molar-refractivity contribution in [2.24, 2.45) is 5.73 Å². The fourth-order valence-corrected chi connectivity index (χ4v) is 1.50. The normalized spacial score (nSPS) is 13.1. The van der Waals surface area contributed by atoms with Crippen molar-refractivity contribution in [2.45, 2.75) is 12.2 Å². The van der Waals surface area contributed by atoms with Crippen LogP contribution in [0.5, 0.6) is 0 Å². The number of hydrogen-bond acceptors (Lipinski definition) is 2. The lowest BCUT2D eigenvalue weighted by Crippen LogP contribution is -2.28. The summed E-state index contributed by atoms with van der Waals surface area (Å²) in [6.45, 7) is 0.227. The molecule has 1 atom stereocenters. The van der Waals surface area contributed by atoms with Crippen LogP contribution >= 0.6 is 0 Å². The molecule has 1 aromatic carbocycles. The predicted molar refractivity (Wildman–Crippen MR) is 60.0 cm³/mol. The lowest BCUT2D eigenvalue weighted by Gasteiger charge is -2.17. The molecule has 0 aliphatic rings. The summed E-state index contributed by atoms with van der Waals surface area (Å²) in [5.41, 5.74) is 4.38. The zero-order valence-corrected chi connectivity index (χ0v) is 9.39. The number of alkyl halides is 3. The van der Waals surface area contributed by atoms with Crippen molar-refractivity contribution < 1.29 is 17.6 Å². The van der Waals surface area contributed by atoms with Gasteiger partial charge in [0.2, 0.25) is 0 Å². The van der Waals surface area contributed by atoms with Crippen molar-refractivity contribution in [3.05, 3.63) is 35.1 Å². The topological polar surface area (TPSA) is 38.0 Å². The molecule has 0 aliphatic heterocycles. The lowest BCUT2D eigenvalue weighted by atomic mass is 10.0. The van der Waals surface area contributed by atoms with Crippen LogP contribution in [0.4, 0.5) is 17.6 Å². The molecule has 0 heterocycles. The van der Waals surface area contributed by atoms with E-state index in [0.29, 0.717) is 0 Å². The van der Waals surface area contributed by atoms with Crippen LogP contribution in [-0.2, 0) is 6.18 Å². The Hall–Kier alpha value is -1.58. The van der Waals surface area contributed by atoms with Crippen molar-refractivity contribution in [2.75, 3.05) is 13.1 Å². The maximum atomic E-state index is 13.1. The molecule has 98 valence electrons. The largest absolute Gasteiger partial charge is 0.419 e. The summed E-state index contributed by atoms with van der Waals surface area (Å²) in [5, 5.41) is 2.78. The number of benzene rings is 1. The van der Waals surface area contributed by atoms with E-state index in [1.807, 2.05) is 0 Å². The van der Waals surface area contributed by atoms with Gasteiger partial charge in [-0.1, -0.05) is 12.0 Å². The maximum Gasteiger partial charge on any atom is 0.419 e. The van der Waals surface area contributed by atoms with Crippen molar-refractivity contribution in [3.8, 4) is 12.3 Å². The molecule has 0 radical (unpaired) electrons. The Bertz CT molecular complexity index is 448. The quantitative estimate of drug-likeness (QED) is 0.642. The lowest BCUT2D eigenvalue weighted by molar-refractivity contribution is -0.140. The Labute approximate surface area is 102 Å². The molecule has 1 unspecified atom stereocenters. The first-order valence-electron chi connectivity index (χ1n) is 5.13. The van der Waals surface area contributed by atoms with Gasteiger partial charge in [0, 0.05) is 12.6 Å². The van der Waals surface area contributed by atoms with Crippen LogP contribution < -0.4 is 11.1 Å². The van der Waals surface area contributed by atoms with Crippen molar-refractivity contribution in [3.63, 3.8) is 0 Å². The van der Waals surface area contributed by atoms with Gasteiger partial charge < -0.3 is 5.73 Å². The Balaban J connectivity index is 3.07. The van der Waals surface area contributed by atoms with E-state index in [-0.39, 0.29) is 18.7 Å². The molecule has 0 amide bonds. The Morgan fingerprint density at radius 1 is 1.39 bits per heavy atom. The summed E-state index contributed by atoms with van der Waals surface area (Å²) in [7, 11) is 0. The minimum atomic E-state index is -4.73. The van der Waals surface area contributed by atoms with Crippen LogP contribution in [0.2, 0.25) is 0 Å². The highest BCUT2D eigenvalue weighted by Crippen LogP contribution is 2.32. The number of halogens is 4. The summed E-state index contributed by atoms with van der Waals surface area (Å²) < 4.78 is 50.7. The third-order valence-corrected chi connectivity index (χ3v) is 2.38. The van der Waals surface area contributed by atoms with Crippen LogP contribution in [0.3, 0.4) is 0 Å². The molecule has 1 rings (SSSR count). The number of nitrogens with two attached hydrogens (primary N) is 1. The number of nitrogens with one attached hydrogen (secondary N) is 1. The fourth-order valence-electron chi connectivity index (χ4n) is 1.50. The molecule has 0 saturated heterocycles. The summed E-state index contributed by atoms with van der Waals surface area (Å²) in [5.74, 6) is 0.989. The van der Waals surface area contributed by atoms with E-state index in [4.69, 9.17) is 12.2 Å². The number of hydrogen-bond donors (Lipinski definition) is 2. The van der Waals surface area contributed by atoms with Gasteiger partial charge in [-0.05, 0) is 17.7 Å². The molecule has 6 heteroatoms. The smallest absolute Gasteiger partial charge is 0.329 e. The monoisotopic (exact) mass is 260 g/mol. The van der Waals surface area contributed by atoms with Gasteiger partial charge in [0.15, 0.2) is 0 Å². The van der Waals surface area contributed by atoms with E-state index in [1.54, 1.807) is 0 Å². The van der Waals surface area contributed by atoms with Crippen molar-refractivity contribution in [1.82, 2.24) is 5.32 Å². The zero-order valence-electron chi connectivity index (χ0n) is 9.39. The zero-order chi connectivity index (χ0) is 13.8. The van der Waals surface area contributed by atoms with Crippen molar-refractivity contribution in [1.29, 1.82) is 0 Å². The molecular formula is C12H12F4N2. The fraction of sp³-hybridized carbons (Fsp3) is 0.333. The maximum absolute atomic E-state index is 13.1. The van der Waals surface area contributed by atoms with Gasteiger partial charge in [0.1, 0.15) is 5.82 Å². The van der Waals surface area contributed by atoms with E-state index >= 15 is 0 Å². The third kappa shape index (κ3) is 3.45. The Kier molecular flexibility index (Phi) is 4.70. The van der Waals surface area contributed by atoms with Crippen LogP contribution in [-0.4, -0.2) is 13.1 Å². The molecule has 18 heavy (non-hydrogen) atoms. The van der Waals surface area contributed by atoms with Gasteiger partial charge in [0.05, 0.1) is 12.1 Å². The van der Waals surface area contributed by atoms with Gasteiger partial charge in [-0.2, -0.15) is 13.2 Å². The predicted octanol–water partition coefficient (Wildman–Crippen LogP) is 2.07. The van der Waals surface area contributed by atoms with Crippen LogP contribution in [0.15, 0.2) is 18.2 Å². The standard InChI is InChI=1S/C12H12F4N2/c1-2-5-18-11(7-17)8-3-4-10(13)9(6-8)12(14,15)16/h1,3-4,6,11,18H,5,7,17H2. The minimum Gasteiger partial charge on any atom is -0.329 e. The van der Waals surface area contributed by atoms with Crippen LogP contribution in [0, 0.1) is 18.2 Å². The molecular weight excluding hydrogens is 248 g/mol. The molecule has 1 aromatic rings. The van der Waals surface area contributed by atoms with Crippen LogP contribution in [0.1, 0.15) is 17.2 Å². The van der Waals surface area contributed by atoms with E-state index in [1.165, 1.54) is 6.07 Å². The van der Waals surface area contributed by atoms with Gasteiger partial charge in [-0.25, -0.2) is 4.39 Å². The highest BCUT2D eigenvalue weighted by Gasteiger charge is 2.34. The second-order valence-corrected chi connectivity index (χ2v) is 3.61. The molecule has 0 aliphatic carbocycles. The average Bonchev–Trinajstić information content (AvgIpc) is 2.30. The third-order valence-electron chi connectivity index (χ3n) is 2.38. The van der Waals surface area contributed by atoms with Gasteiger partial charge in [-0.3, -0.25) is 5.32 Å². The second-order valence-electron chi connectivity index (χ2n) is 3.61. The number of rotatable bonds is 4. The molecule has 3 N–H and O–H groups in total. The first-order chi connectivity index (χ1) is 8.40. The summed E-state index contributed by atoms with van der Waals surface area (Å²) >= 11 is 0. The van der Waals surface area contributed by atoms with E-state index < -0.39 is 23.6 Å².